The third kappa shape index (κ3) is 3.35. The van der Waals surface area contributed by atoms with Crippen molar-refractivity contribution in [2.45, 2.75) is 6.10 Å². The summed E-state index contributed by atoms with van der Waals surface area (Å²) in [6.07, 6.45) is -0.868. The molecule has 1 aromatic carbocycles. The minimum absolute atomic E-state index is 0.224. The molecule has 1 heterocycles. The van der Waals surface area contributed by atoms with E-state index in [4.69, 9.17) is 0 Å². The molecule has 0 fully saturated rings. The van der Waals surface area contributed by atoms with Crippen LogP contribution < -0.4 is 15.9 Å². The molecule has 0 aliphatic heterocycles. The van der Waals surface area contributed by atoms with Crippen LogP contribution in [0.4, 0.5) is 11.4 Å². The molecule has 2 rings (SSSR count). The Labute approximate surface area is 110 Å². The number of aromatic nitrogens is 3. The van der Waals surface area contributed by atoms with Crippen LogP contribution in [0.3, 0.4) is 0 Å². The molecular formula is C12H17N5O2. The number of aromatic amines is 2. The number of rotatable bonds is 5. The molecule has 0 radical (unpaired) electrons. The van der Waals surface area contributed by atoms with E-state index in [2.05, 4.69) is 20.5 Å². The maximum atomic E-state index is 10.9. The number of hydrogen-bond acceptors (Lipinski definition) is 5. The largest absolute Gasteiger partial charge is 0.383 e. The van der Waals surface area contributed by atoms with Crippen LogP contribution in [-0.4, -0.2) is 40.9 Å². The van der Waals surface area contributed by atoms with Gasteiger partial charge in [-0.1, -0.05) is 0 Å². The predicted octanol–water partition coefficient (Wildman–Crippen LogP) is 0.309. The van der Waals surface area contributed by atoms with E-state index in [0.717, 1.165) is 11.4 Å². The van der Waals surface area contributed by atoms with Gasteiger partial charge < -0.3 is 15.3 Å². The molecule has 19 heavy (non-hydrogen) atoms. The minimum atomic E-state index is -0.868. The fourth-order valence-electron chi connectivity index (χ4n) is 1.63. The molecule has 0 amide bonds. The number of benzene rings is 1. The van der Waals surface area contributed by atoms with Crippen LogP contribution in [0, 0.1) is 0 Å². The number of hydrogen-bond donors (Lipinski definition) is 4. The minimum Gasteiger partial charge on any atom is -0.383 e. The highest BCUT2D eigenvalue weighted by Gasteiger charge is 2.11. The van der Waals surface area contributed by atoms with E-state index in [1.807, 2.05) is 43.3 Å². The third-order valence-corrected chi connectivity index (χ3v) is 2.72. The molecule has 1 atom stereocenters. The molecule has 0 saturated carbocycles. The quantitative estimate of drug-likeness (QED) is 0.622. The normalized spacial score (nSPS) is 12.2. The van der Waals surface area contributed by atoms with Crippen LogP contribution in [0.1, 0.15) is 11.9 Å². The first-order valence-corrected chi connectivity index (χ1v) is 5.90. The summed E-state index contributed by atoms with van der Waals surface area (Å²) in [4.78, 5) is 15.3. The number of anilines is 2. The number of nitrogens with one attached hydrogen (secondary N) is 3. The second kappa shape index (κ2) is 5.57. The van der Waals surface area contributed by atoms with Crippen molar-refractivity contribution in [2.75, 3.05) is 30.9 Å². The highest BCUT2D eigenvalue weighted by molar-refractivity contribution is 5.54. The van der Waals surface area contributed by atoms with Crippen molar-refractivity contribution < 1.29 is 5.11 Å². The topological polar surface area (TPSA) is 97.0 Å². The lowest BCUT2D eigenvalue weighted by Crippen LogP contribution is -2.14. The van der Waals surface area contributed by atoms with Gasteiger partial charge in [0.05, 0.1) is 0 Å². The van der Waals surface area contributed by atoms with Crippen LogP contribution in [-0.2, 0) is 0 Å². The van der Waals surface area contributed by atoms with E-state index >= 15 is 0 Å². The summed E-state index contributed by atoms with van der Waals surface area (Å²) in [6.45, 7) is 0.266. The van der Waals surface area contributed by atoms with Gasteiger partial charge in [-0.05, 0) is 24.3 Å². The first-order valence-electron chi connectivity index (χ1n) is 5.90. The van der Waals surface area contributed by atoms with Gasteiger partial charge in [-0.2, -0.15) is 5.10 Å². The number of aliphatic hydroxyl groups is 1. The summed E-state index contributed by atoms with van der Waals surface area (Å²) in [5.74, 6) is 0.224. The summed E-state index contributed by atoms with van der Waals surface area (Å²) < 4.78 is 0. The molecule has 102 valence electrons. The molecule has 0 saturated heterocycles. The number of H-pyrrole nitrogens is 2. The zero-order valence-electron chi connectivity index (χ0n) is 10.8. The summed E-state index contributed by atoms with van der Waals surface area (Å²) in [7, 11) is 3.94. The fourth-order valence-corrected chi connectivity index (χ4v) is 1.63. The Hall–Kier alpha value is -2.28. The second-order valence-corrected chi connectivity index (χ2v) is 4.40. The van der Waals surface area contributed by atoms with Crippen LogP contribution >= 0.6 is 0 Å². The molecule has 1 aromatic heterocycles. The zero-order valence-corrected chi connectivity index (χ0v) is 10.8. The molecule has 7 nitrogen and oxygen atoms in total. The highest BCUT2D eigenvalue weighted by Crippen LogP contribution is 2.16. The Kier molecular flexibility index (Phi) is 3.86. The van der Waals surface area contributed by atoms with E-state index in [1.165, 1.54) is 0 Å². The lowest BCUT2D eigenvalue weighted by Gasteiger charge is -2.14. The first-order chi connectivity index (χ1) is 9.06. The molecule has 0 aliphatic rings. The van der Waals surface area contributed by atoms with Gasteiger partial charge in [-0.25, -0.2) is 9.89 Å². The average molecular weight is 263 g/mol. The van der Waals surface area contributed by atoms with Crippen molar-refractivity contribution in [3.8, 4) is 0 Å². The van der Waals surface area contributed by atoms with Gasteiger partial charge in [0.15, 0.2) is 5.82 Å². The van der Waals surface area contributed by atoms with E-state index in [1.54, 1.807) is 0 Å². The van der Waals surface area contributed by atoms with E-state index in [9.17, 15) is 9.90 Å². The first kappa shape index (κ1) is 13.2. The van der Waals surface area contributed by atoms with Gasteiger partial charge >= 0.3 is 5.69 Å². The van der Waals surface area contributed by atoms with Crippen LogP contribution in [0.15, 0.2) is 29.1 Å². The molecule has 0 spiro atoms. The van der Waals surface area contributed by atoms with Crippen molar-refractivity contribution in [2.24, 2.45) is 0 Å². The van der Waals surface area contributed by atoms with Crippen LogP contribution in [0.5, 0.6) is 0 Å². The van der Waals surface area contributed by atoms with Crippen molar-refractivity contribution in [1.82, 2.24) is 15.2 Å². The van der Waals surface area contributed by atoms with E-state index < -0.39 is 11.8 Å². The summed E-state index contributed by atoms with van der Waals surface area (Å²) in [6, 6.07) is 7.81. The van der Waals surface area contributed by atoms with Crippen molar-refractivity contribution in [3.05, 3.63) is 40.6 Å². The van der Waals surface area contributed by atoms with Crippen LogP contribution in [0.2, 0.25) is 0 Å². The molecule has 4 N–H and O–H groups in total. The van der Waals surface area contributed by atoms with Crippen molar-refractivity contribution >= 4 is 11.4 Å². The average Bonchev–Trinajstić information content (AvgIpc) is 2.83. The maximum absolute atomic E-state index is 10.9. The van der Waals surface area contributed by atoms with Gasteiger partial charge in [0.25, 0.3) is 0 Å². The Morgan fingerprint density at radius 3 is 2.58 bits per heavy atom. The summed E-state index contributed by atoms with van der Waals surface area (Å²) in [5, 5.41) is 18.8. The lowest BCUT2D eigenvalue weighted by atomic mass is 10.2. The maximum Gasteiger partial charge on any atom is 0.340 e. The molecule has 0 bridgehead atoms. The molecule has 0 aliphatic carbocycles. The predicted molar refractivity (Wildman–Crippen MR) is 73.4 cm³/mol. The molecule has 2 aromatic rings. The van der Waals surface area contributed by atoms with E-state index in [-0.39, 0.29) is 12.4 Å². The SMILES string of the molecule is CN(C)c1ccc(NCC(O)c2n[nH]c(=O)[nH]2)cc1. The Morgan fingerprint density at radius 1 is 1.37 bits per heavy atom. The second-order valence-electron chi connectivity index (χ2n) is 4.40. The fraction of sp³-hybridized carbons (Fsp3) is 0.333. The number of nitrogens with zero attached hydrogens (tertiary/aromatic N) is 2. The van der Waals surface area contributed by atoms with Crippen LogP contribution in [0.25, 0.3) is 0 Å². The smallest absolute Gasteiger partial charge is 0.340 e. The standard InChI is InChI=1S/C12H17N5O2/c1-17(2)9-5-3-8(4-6-9)13-7-10(18)11-14-12(19)16-15-11/h3-6,10,13,18H,7H2,1-2H3,(H2,14,15,16,19). The van der Waals surface area contributed by atoms with Gasteiger partial charge in [0.2, 0.25) is 0 Å². The Balaban J connectivity index is 1.93. The summed E-state index contributed by atoms with van der Waals surface area (Å²) >= 11 is 0. The zero-order chi connectivity index (χ0) is 13.8. The Bertz CT molecular complexity index is 572. The summed E-state index contributed by atoms with van der Waals surface area (Å²) in [5.41, 5.74) is 1.56. The molecule has 7 heteroatoms. The van der Waals surface area contributed by atoms with Crippen molar-refractivity contribution in [3.63, 3.8) is 0 Å². The molecular weight excluding hydrogens is 246 g/mol. The van der Waals surface area contributed by atoms with Gasteiger partial charge in [-0.3, -0.25) is 4.98 Å². The number of aliphatic hydroxyl groups excluding tert-OH is 1. The highest BCUT2D eigenvalue weighted by atomic mass is 16.3. The third-order valence-electron chi connectivity index (χ3n) is 2.72. The van der Waals surface area contributed by atoms with Gasteiger partial charge in [0.1, 0.15) is 6.10 Å². The van der Waals surface area contributed by atoms with Crippen molar-refractivity contribution in [1.29, 1.82) is 0 Å². The lowest BCUT2D eigenvalue weighted by molar-refractivity contribution is 0.182. The van der Waals surface area contributed by atoms with E-state index in [0.29, 0.717) is 0 Å². The Morgan fingerprint density at radius 2 is 2.05 bits per heavy atom. The molecule has 1 unspecified atom stereocenters. The monoisotopic (exact) mass is 263 g/mol. The van der Waals surface area contributed by atoms with Gasteiger partial charge in [0, 0.05) is 32.0 Å². The van der Waals surface area contributed by atoms with Gasteiger partial charge in [-0.15, -0.1) is 0 Å².